The van der Waals surface area contributed by atoms with Gasteiger partial charge in [-0.3, -0.25) is 0 Å². The first-order valence-electron chi connectivity index (χ1n) is 6.43. The van der Waals surface area contributed by atoms with Crippen LogP contribution in [0, 0.1) is 5.92 Å². The maximum atomic E-state index is 5.65. The standard InChI is InChI=1S/C12H25N7/c1-8(2)5-9(7-19(3)4)15-10-6-11(18-14)17-12(13)16-10/h6,8-9H,5,7,14H2,1-4H3,(H4,13,15,16,17,18). The van der Waals surface area contributed by atoms with E-state index in [1.807, 2.05) is 0 Å². The molecule has 0 saturated heterocycles. The second kappa shape index (κ2) is 7.10. The van der Waals surface area contributed by atoms with Crippen LogP contribution in [0.3, 0.4) is 0 Å². The lowest BCUT2D eigenvalue weighted by Crippen LogP contribution is -2.34. The Morgan fingerprint density at radius 3 is 2.42 bits per heavy atom. The number of aromatic nitrogens is 2. The van der Waals surface area contributed by atoms with Crippen LogP contribution in [0.5, 0.6) is 0 Å². The Bertz CT molecular complexity index is 382. The highest BCUT2D eigenvalue weighted by Gasteiger charge is 2.13. The van der Waals surface area contributed by atoms with Crippen LogP contribution >= 0.6 is 0 Å². The summed E-state index contributed by atoms with van der Waals surface area (Å²) in [6.07, 6.45) is 1.05. The fourth-order valence-corrected chi connectivity index (χ4v) is 2.01. The Kier molecular flexibility index (Phi) is 5.78. The van der Waals surface area contributed by atoms with Crippen molar-refractivity contribution < 1.29 is 0 Å². The molecule has 0 bridgehead atoms. The van der Waals surface area contributed by atoms with Gasteiger partial charge in [0.25, 0.3) is 0 Å². The first-order chi connectivity index (χ1) is 8.90. The van der Waals surface area contributed by atoms with Crippen LogP contribution in [0.1, 0.15) is 20.3 Å². The van der Waals surface area contributed by atoms with Crippen LogP contribution in [0.25, 0.3) is 0 Å². The number of likely N-dealkylation sites (N-methyl/N-ethyl adjacent to an activating group) is 1. The fraction of sp³-hybridized carbons (Fsp3) is 0.667. The molecule has 1 rings (SSSR count). The summed E-state index contributed by atoms with van der Waals surface area (Å²) in [6.45, 7) is 5.32. The predicted molar refractivity (Wildman–Crippen MR) is 79.7 cm³/mol. The average molecular weight is 267 g/mol. The number of hydrogen-bond acceptors (Lipinski definition) is 7. The van der Waals surface area contributed by atoms with Gasteiger partial charge < -0.3 is 21.4 Å². The average Bonchev–Trinajstić information content (AvgIpc) is 2.26. The minimum Gasteiger partial charge on any atom is -0.368 e. The maximum Gasteiger partial charge on any atom is 0.223 e. The molecule has 19 heavy (non-hydrogen) atoms. The number of nitrogens with zero attached hydrogens (tertiary/aromatic N) is 3. The van der Waals surface area contributed by atoms with Crippen LogP contribution in [0.2, 0.25) is 0 Å². The van der Waals surface area contributed by atoms with E-state index in [9.17, 15) is 0 Å². The van der Waals surface area contributed by atoms with E-state index in [1.165, 1.54) is 0 Å². The summed E-state index contributed by atoms with van der Waals surface area (Å²) in [7, 11) is 4.10. The van der Waals surface area contributed by atoms with Gasteiger partial charge in [0.2, 0.25) is 5.95 Å². The van der Waals surface area contributed by atoms with E-state index in [4.69, 9.17) is 11.6 Å². The third kappa shape index (κ3) is 5.71. The van der Waals surface area contributed by atoms with E-state index in [0.717, 1.165) is 13.0 Å². The summed E-state index contributed by atoms with van der Waals surface area (Å²) in [5.41, 5.74) is 8.13. The number of rotatable bonds is 7. The van der Waals surface area contributed by atoms with E-state index in [-0.39, 0.29) is 5.95 Å². The molecule has 1 aromatic rings. The van der Waals surface area contributed by atoms with Gasteiger partial charge in [0.1, 0.15) is 11.6 Å². The van der Waals surface area contributed by atoms with Crippen LogP contribution < -0.4 is 22.3 Å². The molecule has 6 N–H and O–H groups in total. The van der Waals surface area contributed by atoms with E-state index < -0.39 is 0 Å². The smallest absolute Gasteiger partial charge is 0.223 e. The zero-order valence-corrected chi connectivity index (χ0v) is 12.1. The molecule has 0 aliphatic carbocycles. The van der Waals surface area contributed by atoms with Gasteiger partial charge in [-0.1, -0.05) is 13.8 Å². The van der Waals surface area contributed by atoms with Crippen molar-refractivity contribution in [3.05, 3.63) is 6.07 Å². The summed E-state index contributed by atoms with van der Waals surface area (Å²) in [6, 6.07) is 2.05. The molecule has 1 unspecified atom stereocenters. The van der Waals surface area contributed by atoms with Gasteiger partial charge in [0.05, 0.1) is 0 Å². The van der Waals surface area contributed by atoms with Gasteiger partial charge >= 0.3 is 0 Å². The van der Waals surface area contributed by atoms with Crippen molar-refractivity contribution in [2.45, 2.75) is 26.3 Å². The van der Waals surface area contributed by atoms with Crippen LogP contribution in [0.15, 0.2) is 6.07 Å². The molecule has 0 fully saturated rings. The maximum absolute atomic E-state index is 5.65. The van der Waals surface area contributed by atoms with Gasteiger partial charge in [-0.05, 0) is 26.4 Å². The highest BCUT2D eigenvalue weighted by Crippen LogP contribution is 2.15. The van der Waals surface area contributed by atoms with Crippen LogP contribution in [-0.2, 0) is 0 Å². The summed E-state index contributed by atoms with van der Waals surface area (Å²) < 4.78 is 0. The lowest BCUT2D eigenvalue weighted by molar-refractivity contribution is 0.356. The number of hydrogen-bond donors (Lipinski definition) is 4. The van der Waals surface area contributed by atoms with E-state index in [0.29, 0.717) is 23.6 Å². The summed E-state index contributed by atoms with van der Waals surface area (Å²) >= 11 is 0. The third-order valence-corrected chi connectivity index (χ3v) is 2.58. The molecule has 0 spiro atoms. The first kappa shape index (κ1) is 15.5. The molecular weight excluding hydrogens is 242 g/mol. The van der Waals surface area contributed by atoms with Crippen LogP contribution in [-0.4, -0.2) is 41.5 Å². The molecule has 0 radical (unpaired) electrons. The van der Waals surface area contributed by atoms with Crippen LogP contribution in [0.4, 0.5) is 17.6 Å². The van der Waals surface area contributed by atoms with E-state index in [1.54, 1.807) is 6.07 Å². The minimum atomic E-state index is 0.200. The number of anilines is 3. The Labute approximate surface area is 114 Å². The minimum absolute atomic E-state index is 0.200. The molecule has 1 atom stereocenters. The van der Waals surface area contributed by atoms with Crippen molar-refractivity contribution in [2.75, 3.05) is 37.1 Å². The quantitative estimate of drug-likeness (QED) is 0.426. The number of hydrazine groups is 1. The van der Waals surface area contributed by atoms with Gasteiger partial charge in [-0.25, -0.2) is 5.84 Å². The normalized spacial score (nSPS) is 12.8. The number of nitrogens with one attached hydrogen (secondary N) is 2. The molecule has 7 nitrogen and oxygen atoms in total. The second-order valence-electron chi connectivity index (χ2n) is 5.37. The highest BCUT2D eigenvalue weighted by atomic mass is 15.3. The molecule has 1 heterocycles. The number of nitrogen functional groups attached to an aromatic ring is 2. The zero-order chi connectivity index (χ0) is 14.4. The van der Waals surface area contributed by atoms with Crippen molar-refractivity contribution >= 4 is 17.6 Å². The predicted octanol–water partition coefficient (Wildman–Crippen LogP) is 0.733. The van der Waals surface area contributed by atoms with Crippen molar-refractivity contribution in [3.63, 3.8) is 0 Å². The van der Waals surface area contributed by atoms with E-state index in [2.05, 4.69) is 53.6 Å². The number of nitrogens with two attached hydrogens (primary N) is 2. The third-order valence-electron chi connectivity index (χ3n) is 2.58. The van der Waals surface area contributed by atoms with Gasteiger partial charge in [-0.15, -0.1) is 0 Å². The first-order valence-corrected chi connectivity index (χ1v) is 6.43. The molecule has 0 aliphatic rings. The monoisotopic (exact) mass is 267 g/mol. The SMILES string of the molecule is CC(C)CC(CN(C)C)Nc1cc(NN)nc(N)n1. The molecule has 1 aromatic heterocycles. The summed E-state index contributed by atoms with van der Waals surface area (Å²) in [5.74, 6) is 7.34. The Hall–Kier alpha value is -1.60. The highest BCUT2D eigenvalue weighted by molar-refractivity contribution is 5.50. The molecular formula is C12H25N7. The fourth-order valence-electron chi connectivity index (χ4n) is 2.01. The second-order valence-corrected chi connectivity index (χ2v) is 5.37. The van der Waals surface area contributed by atoms with Crippen molar-refractivity contribution in [3.8, 4) is 0 Å². The Balaban J connectivity index is 2.79. The lowest BCUT2D eigenvalue weighted by Gasteiger charge is -2.24. The Morgan fingerprint density at radius 1 is 1.26 bits per heavy atom. The summed E-state index contributed by atoms with van der Waals surface area (Å²) in [5, 5.41) is 3.39. The molecule has 7 heteroatoms. The van der Waals surface area contributed by atoms with Gasteiger partial charge in [-0.2, -0.15) is 9.97 Å². The molecule has 0 aliphatic heterocycles. The lowest BCUT2D eigenvalue weighted by atomic mass is 10.0. The van der Waals surface area contributed by atoms with Crippen molar-refractivity contribution in [1.29, 1.82) is 0 Å². The summed E-state index contributed by atoms with van der Waals surface area (Å²) in [4.78, 5) is 10.3. The molecule has 0 saturated carbocycles. The zero-order valence-electron chi connectivity index (χ0n) is 12.1. The van der Waals surface area contributed by atoms with E-state index >= 15 is 0 Å². The van der Waals surface area contributed by atoms with Gasteiger partial charge in [0, 0.05) is 18.7 Å². The largest absolute Gasteiger partial charge is 0.368 e. The Morgan fingerprint density at radius 2 is 1.89 bits per heavy atom. The van der Waals surface area contributed by atoms with Crippen molar-refractivity contribution in [2.24, 2.45) is 11.8 Å². The van der Waals surface area contributed by atoms with Gasteiger partial charge in [0.15, 0.2) is 0 Å². The van der Waals surface area contributed by atoms with Crippen molar-refractivity contribution in [1.82, 2.24) is 14.9 Å². The molecule has 108 valence electrons. The molecule has 0 aromatic carbocycles. The topological polar surface area (TPSA) is 105 Å². The molecule has 0 amide bonds.